The number of aromatic hydroxyl groups is 2. The Bertz CT molecular complexity index is 1290. The molecule has 33 heavy (non-hydrogen) atoms. The largest absolute Gasteiger partial charge is 0.504 e. The van der Waals surface area contributed by atoms with Gasteiger partial charge in [0.05, 0.1) is 5.69 Å². The van der Waals surface area contributed by atoms with Gasteiger partial charge in [-0.3, -0.25) is 14.7 Å². The van der Waals surface area contributed by atoms with E-state index in [0.717, 1.165) is 5.56 Å². The van der Waals surface area contributed by atoms with Crippen LogP contribution in [0.15, 0.2) is 82.9 Å². The minimum atomic E-state index is -0.361. The Morgan fingerprint density at radius 3 is 2.39 bits per heavy atom. The van der Waals surface area contributed by atoms with Crippen molar-refractivity contribution in [3.63, 3.8) is 0 Å². The zero-order valence-electron chi connectivity index (χ0n) is 18.1. The van der Waals surface area contributed by atoms with Crippen LogP contribution in [0.25, 0.3) is 12.2 Å². The monoisotopic (exact) mass is 442 g/mol. The second-order valence-corrected chi connectivity index (χ2v) is 7.93. The van der Waals surface area contributed by atoms with E-state index in [0.29, 0.717) is 41.1 Å². The van der Waals surface area contributed by atoms with E-state index in [1.807, 2.05) is 36.2 Å². The smallest absolute Gasteiger partial charge is 0.187 e. The molecule has 0 aliphatic carbocycles. The summed E-state index contributed by atoms with van der Waals surface area (Å²) >= 11 is 0. The molecule has 3 aromatic rings. The van der Waals surface area contributed by atoms with Crippen molar-refractivity contribution in [3.05, 3.63) is 100 Å². The minimum Gasteiger partial charge on any atom is -0.504 e. The Balaban J connectivity index is 1.60. The fourth-order valence-electron chi connectivity index (χ4n) is 3.68. The molecule has 0 amide bonds. The summed E-state index contributed by atoms with van der Waals surface area (Å²) in [5, 5.41) is 19.5. The molecule has 1 fully saturated rings. The molecule has 5 nitrogen and oxygen atoms in total. The summed E-state index contributed by atoms with van der Waals surface area (Å²) < 4.78 is 14.1. The first-order chi connectivity index (χ1) is 15.9. The topological polar surface area (TPSA) is 73.1 Å². The number of carbonyl (C=O) groups is 1. The minimum absolute atomic E-state index is 0.102. The van der Waals surface area contributed by atoms with Crippen molar-refractivity contribution in [2.75, 3.05) is 20.1 Å². The number of phenols is 2. The van der Waals surface area contributed by atoms with Crippen LogP contribution in [0.2, 0.25) is 0 Å². The predicted molar refractivity (Wildman–Crippen MR) is 128 cm³/mol. The van der Waals surface area contributed by atoms with Gasteiger partial charge in [-0.15, -0.1) is 0 Å². The third-order valence-corrected chi connectivity index (χ3v) is 5.31. The normalized spacial score (nSPS) is 17.3. The van der Waals surface area contributed by atoms with Crippen LogP contribution in [0.5, 0.6) is 11.5 Å². The number of aliphatic imine (C=N–C) groups is 1. The Labute approximate surface area is 191 Å². The van der Waals surface area contributed by atoms with Crippen molar-refractivity contribution in [1.29, 1.82) is 0 Å². The van der Waals surface area contributed by atoms with E-state index in [4.69, 9.17) is 0 Å². The number of ketones is 1. The van der Waals surface area contributed by atoms with Gasteiger partial charge in [0.15, 0.2) is 17.3 Å². The van der Waals surface area contributed by atoms with E-state index in [9.17, 15) is 19.4 Å². The third kappa shape index (κ3) is 5.25. The quantitative estimate of drug-likeness (QED) is 0.340. The van der Waals surface area contributed by atoms with Gasteiger partial charge in [-0.25, -0.2) is 4.39 Å². The molecule has 4 rings (SSSR count). The molecule has 0 bridgehead atoms. The molecule has 0 atom stereocenters. The van der Waals surface area contributed by atoms with Crippen LogP contribution in [0.3, 0.4) is 0 Å². The fraction of sp³-hybridized carbons (Fsp3) is 0.111. The van der Waals surface area contributed by atoms with Gasteiger partial charge in [0.1, 0.15) is 5.82 Å². The van der Waals surface area contributed by atoms with Crippen molar-refractivity contribution >= 4 is 29.8 Å². The van der Waals surface area contributed by atoms with Crippen molar-refractivity contribution in [1.82, 2.24) is 4.90 Å². The van der Waals surface area contributed by atoms with Gasteiger partial charge in [0.25, 0.3) is 0 Å². The number of hydrogen-bond donors (Lipinski definition) is 2. The standard InChI is InChI=1S/C27H23FN2O3/c1-30-16-21(26(32)22(17-30)14-19-7-2-3-10-24(19)28)12-18-6-4-9-23(13-18)29-15-20-8-5-11-25(31)27(20)33/h2-15,31,33H,16-17H2,1H3/b21-12+,22-14+,29-15?. The molecular formula is C27H23FN2O3. The Morgan fingerprint density at radius 2 is 1.61 bits per heavy atom. The molecule has 6 heteroatoms. The number of piperidine rings is 1. The molecule has 0 radical (unpaired) electrons. The second-order valence-electron chi connectivity index (χ2n) is 7.93. The molecule has 2 N–H and O–H groups in total. The van der Waals surface area contributed by atoms with Gasteiger partial charge in [-0.05, 0) is 55.1 Å². The lowest BCUT2D eigenvalue weighted by molar-refractivity contribution is -0.113. The van der Waals surface area contributed by atoms with Crippen LogP contribution in [0.4, 0.5) is 10.1 Å². The van der Waals surface area contributed by atoms with Crippen LogP contribution in [0, 0.1) is 5.82 Å². The first-order valence-corrected chi connectivity index (χ1v) is 10.4. The summed E-state index contributed by atoms with van der Waals surface area (Å²) in [6.45, 7) is 0.931. The highest BCUT2D eigenvalue weighted by Crippen LogP contribution is 2.28. The Morgan fingerprint density at radius 1 is 0.909 bits per heavy atom. The summed E-state index contributed by atoms with van der Waals surface area (Å²) in [7, 11) is 1.91. The Hall–Kier alpha value is -4.03. The molecule has 0 spiro atoms. The number of carbonyl (C=O) groups excluding carboxylic acids is 1. The third-order valence-electron chi connectivity index (χ3n) is 5.31. The Kier molecular flexibility index (Phi) is 6.47. The van der Waals surface area contributed by atoms with E-state index in [1.165, 1.54) is 18.3 Å². The number of likely N-dealkylation sites (N-methyl/N-ethyl adjacent to an activating group) is 1. The van der Waals surface area contributed by atoms with Crippen LogP contribution >= 0.6 is 0 Å². The number of hydrogen-bond acceptors (Lipinski definition) is 5. The van der Waals surface area contributed by atoms with Crippen molar-refractivity contribution < 1.29 is 19.4 Å². The molecule has 0 unspecified atom stereocenters. The van der Waals surface area contributed by atoms with Crippen molar-refractivity contribution in [3.8, 4) is 11.5 Å². The lowest BCUT2D eigenvalue weighted by atomic mass is 9.94. The van der Waals surface area contributed by atoms with Crippen LogP contribution in [0.1, 0.15) is 16.7 Å². The van der Waals surface area contributed by atoms with Crippen LogP contribution in [-0.4, -0.2) is 47.2 Å². The maximum Gasteiger partial charge on any atom is 0.187 e. The summed E-state index contributed by atoms with van der Waals surface area (Å²) in [4.78, 5) is 19.5. The predicted octanol–water partition coefficient (Wildman–Crippen LogP) is 4.97. The molecule has 1 saturated heterocycles. The van der Waals surface area contributed by atoms with E-state index in [2.05, 4.69) is 4.99 Å². The second kappa shape index (κ2) is 9.63. The number of rotatable bonds is 4. The summed E-state index contributed by atoms with van der Waals surface area (Å²) in [6.07, 6.45) is 4.90. The average molecular weight is 442 g/mol. The highest BCUT2D eigenvalue weighted by atomic mass is 19.1. The number of halogens is 1. The number of Topliss-reactive ketones (excluding diaryl/α,β-unsaturated/α-hetero) is 1. The first kappa shape index (κ1) is 22.2. The van der Waals surface area contributed by atoms with Crippen molar-refractivity contribution in [2.45, 2.75) is 0 Å². The summed E-state index contributed by atoms with van der Waals surface area (Å²) in [6, 6.07) is 18.4. The molecular weight excluding hydrogens is 419 g/mol. The molecule has 1 aliphatic heterocycles. The van der Waals surface area contributed by atoms with Crippen molar-refractivity contribution in [2.24, 2.45) is 4.99 Å². The molecule has 166 valence electrons. The van der Waals surface area contributed by atoms with E-state index in [-0.39, 0.29) is 23.1 Å². The van der Waals surface area contributed by atoms with Gasteiger partial charge >= 0.3 is 0 Å². The van der Waals surface area contributed by atoms with Gasteiger partial charge in [0.2, 0.25) is 0 Å². The van der Waals surface area contributed by atoms with Gasteiger partial charge < -0.3 is 10.2 Å². The number of nitrogens with zero attached hydrogens (tertiary/aromatic N) is 2. The average Bonchev–Trinajstić information content (AvgIpc) is 2.79. The lowest BCUT2D eigenvalue weighted by Gasteiger charge is -2.26. The maximum absolute atomic E-state index is 14.1. The molecule has 3 aromatic carbocycles. The number of benzene rings is 3. The number of phenolic OH excluding ortho intramolecular Hbond substituents is 2. The number of likely N-dealkylation sites (tertiary alicyclic amines) is 1. The zero-order valence-corrected chi connectivity index (χ0v) is 18.1. The van der Waals surface area contributed by atoms with E-state index >= 15 is 0 Å². The molecule has 1 aliphatic rings. The number of para-hydroxylation sites is 1. The van der Waals surface area contributed by atoms with E-state index in [1.54, 1.807) is 42.5 Å². The summed E-state index contributed by atoms with van der Waals surface area (Å²) in [5.74, 6) is -0.907. The summed E-state index contributed by atoms with van der Waals surface area (Å²) in [5.41, 5.74) is 3.36. The fourth-order valence-corrected chi connectivity index (χ4v) is 3.68. The molecule has 1 heterocycles. The highest BCUT2D eigenvalue weighted by molar-refractivity contribution is 6.14. The van der Waals surface area contributed by atoms with Gasteiger partial charge in [-0.2, -0.15) is 0 Å². The highest BCUT2D eigenvalue weighted by Gasteiger charge is 2.24. The van der Waals surface area contributed by atoms with Crippen LogP contribution in [-0.2, 0) is 4.79 Å². The molecule has 0 saturated carbocycles. The van der Waals surface area contributed by atoms with E-state index < -0.39 is 0 Å². The lowest BCUT2D eigenvalue weighted by Crippen LogP contribution is -2.34. The van der Waals surface area contributed by atoms with Crippen LogP contribution < -0.4 is 0 Å². The molecule has 0 aromatic heterocycles. The first-order valence-electron chi connectivity index (χ1n) is 10.4. The SMILES string of the molecule is CN1C/C(=C\c2cccc(N=Cc3cccc(O)c3O)c2)C(=O)/C(=C/c2ccccc2F)C1. The van der Waals surface area contributed by atoms with Gasteiger partial charge in [-0.1, -0.05) is 36.4 Å². The van der Waals surface area contributed by atoms with Gasteiger partial charge in [0, 0.05) is 41.6 Å². The maximum atomic E-state index is 14.1. The zero-order chi connectivity index (χ0) is 23.4.